The fourth-order valence-corrected chi connectivity index (χ4v) is 5.23. The summed E-state index contributed by atoms with van der Waals surface area (Å²) in [4.78, 5) is 10.5. The van der Waals surface area contributed by atoms with Gasteiger partial charge in [-0.25, -0.2) is 8.42 Å². The van der Waals surface area contributed by atoms with Gasteiger partial charge in [0.05, 0.1) is 4.92 Å². The van der Waals surface area contributed by atoms with Crippen LogP contribution >= 0.6 is 12.4 Å². The van der Waals surface area contributed by atoms with Crippen molar-refractivity contribution in [3.63, 3.8) is 0 Å². The Morgan fingerprint density at radius 2 is 1.92 bits per heavy atom. The second-order valence-corrected chi connectivity index (χ2v) is 8.33. The van der Waals surface area contributed by atoms with Crippen molar-refractivity contribution in [1.29, 1.82) is 0 Å². The molecule has 134 valence electrons. The molecule has 1 aromatic carbocycles. The summed E-state index contributed by atoms with van der Waals surface area (Å²) in [5, 5.41) is 14.7. The van der Waals surface area contributed by atoms with E-state index in [-0.39, 0.29) is 23.0 Å². The zero-order valence-corrected chi connectivity index (χ0v) is 15.3. The van der Waals surface area contributed by atoms with Crippen LogP contribution in [0.4, 0.5) is 5.69 Å². The Kier molecular flexibility index (Phi) is 5.54. The number of nitrogens with zero attached hydrogens (tertiary/aromatic N) is 2. The molecule has 2 aliphatic rings. The number of aryl methyl sites for hydroxylation is 2. The second kappa shape index (κ2) is 6.95. The maximum Gasteiger partial charge on any atom is 0.289 e. The molecule has 24 heavy (non-hydrogen) atoms. The minimum absolute atomic E-state index is 0. The lowest BCUT2D eigenvalue weighted by Gasteiger charge is -2.33. The maximum atomic E-state index is 13.0. The number of fused-ring (bicyclic) bond motifs is 1. The van der Waals surface area contributed by atoms with Gasteiger partial charge in [-0.2, -0.15) is 4.31 Å². The van der Waals surface area contributed by atoms with Crippen molar-refractivity contribution < 1.29 is 13.3 Å². The Morgan fingerprint density at radius 3 is 2.58 bits per heavy atom. The average molecular weight is 376 g/mol. The van der Waals surface area contributed by atoms with Crippen molar-refractivity contribution in [2.45, 2.75) is 37.6 Å². The number of piperidine rings is 1. The molecular formula is C15H22ClN3O4S. The Bertz CT molecular complexity index is 753. The third-order valence-corrected chi connectivity index (χ3v) is 6.90. The summed E-state index contributed by atoms with van der Waals surface area (Å²) in [6.45, 7) is 5.26. The van der Waals surface area contributed by atoms with E-state index in [2.05, 4.69) is 5.32 Å². The molecule has 0 amide bonds. The van der Waals surface area contributed by atoms with E-state index in [1.165, 1.54) is 16.4 Å². The SMILES string of the molecule is Cc1cc([N+](=O)[O-])c(S(=O)(=O)N2CCC3NCCC3C2)cc1C.Cl. The largest absolute Gasteiger partial charge is 0.314 e. The third-order valence-electron chi connectivity index (χ3n) is 5.01. The van der Waals surface area contributed by atoms with Crippen molar-refractivity contribution in [1.82, 2.24) is 9.62 Å². The zero-order valence-electron chi connectivity index (χ0n) is 13.7. The minimum atomic E-state index is -3.85. The van der Waals surface area contributed by atoms with Gasteiger partial charge in [0, 0.05) is 25.2 Å². The molecule has 1 aromatic rings. The topological polar surface area (TPSA) is 92.5 Å². The van der Waals surface area contributed by atoms with E-state index in [1.54, 1.807) is 13.8 Å². The summed E-state index contributed by atoms with van der Waals surface area (Å²) >= 11 is 0. The van der Waals surface area contributed by atoms with Crippen LogP contribution in [0.3, 0.4) is 0 Å². The monoisotopic (exact) mass is 375 g/mol. The van der Waals surface area contributed by atoms with Crippen molar-refractivity contribution >= 4 is 28.1 Å². The molecule has 2 saturated heterocycles. The van der Waals surface area contributed by atoms with Gasteiger partial charge < -0.3 is 5.32 Å². The van der Waals surface area contributed by atoms with Crippen LogP contribution in [-0.2, 0) is 10.0 Å². The van der Waals surface area contributed by atoms with E-state index in [0.717, 1.165) is 24.9 Å². The van der Waals surface area contributed by atoms with Crippen molar-refractivity contribution in [3.8, 4) is 0 Å². The lowest BCUT2D eigenvalue weighted by atomic mass is 9.95. The number of hydrogen-bond donors (Lipinski definition) is 1. The first kappa shape index (κ1) is 19.1. The van der Waals surface area contributed by atoms with Gasteiger partial charge in [-0.05, 0) is 56.3 Å². The van der Waals surface area contributed by atoms with Crippen LogP contribution in [0.15, 0.2) is 17.0 Å². The third kappa shape index (κ3) is 3.28. The average Bonchev–Trinajstić information content (AvgIpc) is 2.96. The number of hydrogen-bond acceptors (Lipinski definition) is 5. The summed E-state index contributed by atoms with van der Waals surface area (Å²) in [6.07, 6.45) is 1.70. The Hall–Kier alpha value is -1.22. The van der Waals surface area contributed by atoms with Gasteiger partial charge in [0.1, 0.15) is 0 Å². The van der Waals surface area contributed by atoms with E-state index in [9.17, 15) is 18.5 Å². The number of halogens is 1. The maximum absolute atomic E-state index is 13.0. The first-order chi connectivity index (χ1) is 10.8. The van der Waals surface area contributed by atoms with Crippen LogP contribution in [-0.4, -0.2) is 43.3 Å². The Labute approximate surface area is 148 Å². The predicted octanol–water partition coefficient (Wildman–Crippen LogP) is 2.01. The number of sulfonamides is 1. The molecule has 2 aliphatic heterocycles. The molecule has 7 nitrogen and oxygen atoms in total. The number of nitrogens with one attached hydrogen (secondary N) is 1. The summed E-state index contributed by atoms with van der Waals surface area (Å²) in [5.74, 6) is 0.295. The fourth-order valence-electron chi connectivity index (χ4n) is 3.50. The predicted molar refractivity (Wildman–Crippen MR) is 93.1 cm³/mol. The molecule has 0 spiro atoms. The number of nitro benzene ring substituents is 1. The summed E-state index contributed by atoms with van der Waals surface area (Å²) in [5.41, 5.74) is 1.13. The molecule has 2 fully saturated rings. The quantitative estimate of drug-likeness (QED) is 0.644. The summed E-state index contributed by atoms with van der Waals surface area (Å²) in [7, 11) is -3.85. The molecule has 3 rings (SSSR count). The molecule has 0 aliphatic carbocycles. The molecule has 2 atom stereocenters. The molecule has 0 radical (unpaired) electrons. The minimum Gasteiger partial charge on any atom is -0.314 e. The van der Waals surface area contributed by atoms with Crippen molar-refractivity contribution in [3.05, 3.63) is 33.4 Å². The van der Waals surface area contributed by atoms with Crippen LogP contribution in [0.5, 0.6) is 0 Å². The van der Waals surface area contributed by atoms with Gasteiger partial charge in [0.25, 0.3) is 5.69 Å². The number of nitro groups is 1. The van der Waals surface area contributed by atoms with E-state index in [0.29, 0.717) is 30.6 Å². The first-order valence-corrected chi connectivity index (χ1v) is 9.24. The molecule has 9 heteroatoms. The molecule has 2 unspecified atom stereocenters. The Morgan fingerprint density at radius 1 is 1.25 bits per heavy atom. The van der Waals surface area contributed by atoms with Gasteiger partial charge in [-0.15, -0.1) is 12.4 Å². The van der Waals surface area contributed by atoms with Crippen LogP contribution in [0, 0.1) is 29.9 Å². The van der Waals surface area contributed by atoms with E-state index < -0.39 is 14.9 Å². The first-order valence-electron chi connectivity index (χ1n) is 7.80. The van der Waals surface area contributed by atoms with Gasteiger partial charge in [0.15, 0.2) is 4.90 Å². The van der Waals surface area contributed by atoms with Crippen LogP contribution in [0.2, 0.25) is 0 Å². The van der Waals surface area contributed by atoms with E-state index in [1.807, 2.05) is 0 Å². The van der Waals surface area contributed by atoms with Gasteiger partial charge in [0.2, 0.25) is 10.0 Å². The molecule has 0 aromatic heterocycles. The van der Waals surface area contributed by atoms with Crippen LogP contribution in [0.1, 0.15) is 24.0 Å². The highest BCUT2D eigenvalue weighted by molar-refractivity contribution is 7.89. The van der Waals surface area contributed by atoms with Crippen molar-refractivity contribution in [2.75, 3.05) is 19.6 Å². The molecule has 1 N–H and O–H groups in total. The summed E-state index contributed by atoms with van der Waals surface area (Å²) in [6, 6.07) is 3.16. The normalized spacial score (nSPS) is 24.2. The molecule has 0 saturated carbocycles. The smallest absolute Gasteiger partial charge is 0.289 e. The number of rotatable bonds is 3. The van der Waals surface area contributed by atoms with Crippen LogP contribution < -0.4 is 5.32 Å². The molecule has 2 heterocycles. The van der Waals surface area contributed by atoms with E-state index in [4.69, 9.17) is 0 Å². The second-order valence-electron chi connectivity index (χ2n) is 6.42. The molecule has 0 bridgehead atoms. The zero-order chi connectivity index (χ0) is 16.8. The Balaban J connectivity index is 0.00000208. The van der Waals surface area contributed by atoms with Crippen molar-refractivity contribution in [2.24, 2.45) is 5.92 Å². The highest BCUT2D eigenvalue weighted by Crippen LogP contribution is 2.33. The van der Waals surface area contributed by atoms with Gasteiger partial charge in [-0.3, -0.25) is 10.1 Å². The van der Waals surface area contributed by atoms with E-state index >= 15 is 0 Å². The summed E-state index contributed by atoms with van der Waals surface area (Å²) < 4.78 is 27.3. The lowest BCUT2D eigenvalue weighted by Crippen LogP contribution is -2.46. The number of benzene rings is 1. The molecular weight excluding hydrogens is 354 g/mol. The standard InChI is InChI=1S/C15H21N3O4S.ClH/c1-10-7-14(18(19)20)15(8-11(10)2)23(21,22)17-6-4-13-12(9-17)3-5-16-13;/h7-8,12-13,16H,3-6,9H2,1-2H3;1H. The van der Waals surface area contributed by atoms with Gasteiger partial charge in [-0.1, -0.05) is 0 Å². The highest BCUT2D eigenvalue weighted by Gasteiger charge is 2.40. The van der Waals surface area contributed by atoms with Gasteiger partial charge >= 0.3 is 0 Å². The highest BCUT2D eigenvalue weighted by atomic mass is 35.5. The van der Waals surface area contributed by atoms with Crippen LogP contribution in [0.25, 0.3) is 0 Å². The fraction of sp³-hybridized carbons (Fsp3) is 0.600. The lowest BCUT2D eigenvalue weighted by molar-refractivity contribution is -0.387.